The normalized spacial score (nSPS) is 11.4. The fourth-order valence-electron chi connectivity index (χ4n) is 0.736. The average molecular weight is 243 g/mol. The average Bonchev–Trinajstić information content (AvgIpc) is 2.44. The molecule has 78 valence electrons. The van der Waals surface area contributed by atoms with Crippen molar-refractivity contribution in [2.75, 3.05) is 12.8 Å². The van der Waals surface area contributed by atoms with Crippen LogP contribution >= 0.6 is 22.9 Å². The third kappa shape index (κ3) is 1.78. The summed E-state index contributed by atoms with van der Waals surface area (Å²) in [6, 6.07) is 0. The molecule has 0 unspecified atom stereocenters. The largest absolute Gasteiger partial charge is 0.464 e. The summed E-state index contributed by atoms with van der Waals surface area (Å²) in [6.07, 6.45) is 0. The van der Waals surface area contributed by atoms with E-state index < -0.39 is 17.6 Å². The number of anilines is 1. The van der Waals surface area contributed by atoms with Gasteiger partial charge in [0.2, 0.25) is 0 Å². The number of rotatable bonds is 2. The number of ether oxygens (including phenoxy) is 1. The molecule has 0 spiro atoms. The van der Waals surface area contributed by atoms with Gasteiger partial charge in [-0.2, -0.15) is 8.78 Å². The number of carbonyl (C=O) groups excluding carboxylic acids is 1. The summed E-state index contributed by atoms with van der Waals surface area (Å²) < 4.78 is 29.9. The summed E-state index contributed by atoms with van der Waals surface area (Å²) in [7, 11) is 0.847. The van der Waals surface area contributed by atoms with Crippen LogP contribution in [0.5, 0.6) is 0 Å². The lowest BCUT2D eigenvalue weighted by Crippen LogP contribution is -2.28. The number of halogens is 3. The lowest BCUT2D eigenvalue weighted by Gasteiger charge is -2.10. The number of carbonyl (C=O) groups is 1. The number of esters is 1. The van der Waals surface area contributed by atoms with Crippen molar-refractivity contribution in [1.29, 1.82) is 0 Å². The first-order chi connectivity index (χ1) is 6.39. The summed E-state index contributed by atoms with van der Waals surface area (Å²) in [5.74, 6) is -5.58. The summed E-state index contributed by atoms with van der Waals surface area (Å²) in [6.45, 7) is 0. The van der Waals surface area contributed by atoms with Crippen molar-refractivity contribution in [1.82, 2.24) is 4.98 Å². The van der Waals surface area contributed by atoms with Gasteiger partial charge in [-0.25, -0.2) is 9.78 Å². The van der Waals surface area contributed by atoms with Gasteiger partial charge in [-0.15, -0.1) is 0 Å². The smallest absolute Gasteiger partial charge is 0.386 e. The second-order valence-corrected chi connectivity index (χ2v) is 3.87. The van der Waals surface area contributed by atoms with Crippen LogP contribution in [0.25, 0.3) is 0 Å². The molecule has 0 aliphatic carbocycles. The van der Waals surface area contributed by atoms with Gasteiger partial charge in [0.1, 0.15) is 4.34 Å². The Bertz CT molecular complexity index is 369. The molecule has 0 saturated heterocycles. The molecule has 8 heteroatoms. The van der Waals surface area contributed by atoms with Gasteiger partial charge in [-0.05, 0) is 0 Å². The molecule has 0 radical (unpaired) electrons. The molecule has 0 aliphatic heterocycles. The number of aromatic nitrogens is 1. The van der Waals surface area contributed by atoms with E-state index in [9.17, 15) is 13.6 Å². The molecule has 0 aromatic carbocycles. The number of nitrogen functional groups attached to an aromatic ring is 1. The van der Waals surface area contributed by atoms with Crippen molar-refractivity contribution in [3.8, 4) is 0 Å². The fraction of sp³-hybridized carbons (Fsp3) is 0.333. The Hall–Kier alpha value is -0.950. The first-order valence-corrected chi connectivity index (χ1v) is 4.47. The van der Waals surface area contributed by atoms with Gasteiger partial charge in [-0.3, -0.25) is 0 Å². The number of hydrogen-bond acceptors (Lipinski definition) is 5. The lowest BCUT2D eigenvalue weighted by molar-refractivity contribution is -0.170. The van der Waals surface area contributed by atoms with E-state index in [-0.39, 0.29) is 9.47 Å². The number of nitrogens with zero attached hydrogens (tertiary/aromatic N) is 1. The number of thiazole rings is 1. The Kier molecular flexibility index (Phi) is 2.91. The Morgan fingerprint density at radius 2 is 2.29 bits per heavy atom. The highest BCUT2D eigenvalue weighted by Gasteiger charge is 2.46. The lowest BCUT2D eigenvalue weighted by atomic mass is 10.3. The van der Waals surface area contributed by atoms with Crippen LogP contribution in [0.15, 0.2) is 0 Å². The molecular weight excluding hydrogens is 238 g/mol. The van der Waals surface area contributed by atoms with Crippen LogP contribution in [-0.4, -0.2) is 18.1 Å². The Balaban J connectivity index is 3.15. The number of hydrogen-bond donors (Lipinski definition) is 1. The minimum atomic E-state index is -3.86. The molecule has 4 nitrogen and oxygen atoms in total. The number of alkyl halides is 2. The number of nitrogens with two attached hydrogens (primary N) is 1. The first kappa shape index (κ1) is 11.1. The van der Waals surface area contributed by atoms with E-state index in [1.807, 2.05) is 0 Å². The highest BCUT2D eigenvalue weighted by Crippen LogP contribution is 2.37. The molecule has 0 fully saturated rings. The van der Waals surface area contributed by atoms with Gasteiger partial charge in [0.05, 0.1) is 7.11 Å². The summed E-state index contributed by atoms with van der Waals surface area (Å²) >= 11 is 6.09. The molecule has 1 aromatic heterocycles. The molecule has 0 atom stereocenters. The maximum Gasteiger partial charge on any atom is 0.386 e. The maximum absolute atomic E-state index is 13.2. The molecule has 0 amide bonds. The summed E-state index contributed by atoms with van der Waals surface area (Å²) in [5.41, 5.74) is 4.29. The van der Waals surface area contributed by atoms with Gasteiger partial charge in [0.15, 0.2) is 10.8 Å². The van der Waals surface area contributed by atoms with Crippen LogP contribution in [0.1, 0.15) is 5.69 Å². The minimum Gasteiger partial charge on any atom is -0.464 e. The zero-order chi connectivity index (χ0) is 10.9. The Morgan fingerprint density at radius 1 is 1.71 bits per heavy atom. The van der Waals surface area contributed by atoms with E-state index >= 15 is 0 Å². The molecule has 0 aliphatic rings. The van der Waals surface area contributed by atoms with Crippen LogP contribution in [0.3, 0.4) is 0 Å². The van der Waals surface area contributed by atoms with Crippen molar-refractivity contribution in [3.05, 3.63) is 10.0 Å². The predicted molar refractivity (Wildman–Crippen MR) is 47.4 cm³/mol. The highest BCUT2D eigenvalue weighted by atomic mass is 35.5. The molecule has 0 bridgehead atoms. The molecule has 1 rings (SSSR count). The first-order valence-electron chi connectivity index (χ1n) is 3.28. The van der Waals surface area contributed by atoms with E-state index in [2.05, 4.69) is 9.72 Å². The second kappa shape index (κ2) is 3.66. The third-order valence-electron chi connectivity index (χ3n) is 1.34. The standard InChI is InChI=1S/C6H5ClF2N2O2S/c1-13-4(12)6(8,9)2-3(7)14-5(10)11-2/h1H3,(H2,10,11). The summed E-state index contributed by atoms with van der Waals surface area (Å²) in [4.78, 5) is 14.0. The van der Waals surface area contributed by atoms with E-state index in [0.717, 1.165) is 7.11 Å². The van der Waals surface area contributed by atoms with Crippen molar-refractivity contribution < 1.29 is 18.3 Å². The van der Waals surface area contributed by atoms with Crippen LogP contribution in [0.4, 0.5) is 13.9 Å². The van der Waals surface area contributed by atoms with Crippen molar-refractivity contribution in [2.45, 2.75) is 5.92 Å². The van der Waals surface area contributed by atoms with Crippen LogP contribution in [0, 0.1) is 0 Å². The minimum absolute atomic E-state index is 0.131. The SMILES string of the molecule is COC(=O)C(F)(F)c1nc(N)sc1Cl. The zero-order valence-electron chi connectivity index (χ0n) is 6.88. The Morgan fingerprint density at radius 3 is 2.64 bits per heavy atom. The van der Waals surface area contributed by atoms with Crippen molar-refractivity contribution in [3.63, 3.8) is 0 Å². The Labute approximate surface area is 86.6 Å². The number of methoxy groups -OCH3 is 1. The van der Waals surface area contributed by atoms with Crippen molar-refractivity contribution >= 4 is 34.0 Å². The molecule has 2 N–H and O–H groups in total. The van der Waals surface area contributed by atoms with E-state index in [1.165, 1.54) is 0 Å². The van der Waals surface area contributed by atoms with Crippen LogP contribution in [-0.2, 0) is 15.5 Å². The maximum atomic E-state index is 13.2. The molecule has 14 heavy (non-hydrogen) atoms. The van der Waals surface area contributed by atoms with Gasteiger partial charge in [0, 0.05) is 0 Å². The summed E-state index contributed by atoms with van der Waals surface area (Å²) in [5, 5.41) is -0.131. The third-order valence-corrected chi connectivity index (χ3v) is 2.42. The highest BCUT2D eigenvalue weighted by molar-refractivity contribution is 7.19. The topological polar surface area (TPSA) is 65.2 Å². The van der Waals surface area contributed by atoms with Gasteiger partial charge < -0.3 is 10.5 Å². The van der Waals surface area contributed by atoms with E-state index in [0.29, 0.717) is 11.3 Å². The van der Waals surface area contributed by atoms with Gasteiger partial charge in [0.25, 0.3) is 0 Å². The van der Waals surface area contributed by atoms with Gasteiger partial charge >= 0.3 is 11.9 Å². The quantitative estimate of drug-likeness (QED) is 0.801. The van der Waals surface area contributed by atoms with Crippen LogP contribution < -0.4 is 5.73 Å². The van der Waals surface area contributed by atoms with E-state index in [1.54, 1.807) is 0 Å². The van der Waals surface area contributed by atoms with Gasteiger partial charge in [-0.1, -0.05) is 22.9 Å². The second-order valence-electron chi connectivity index (χ2n) is 2.24. The molecule has 1 aromatic rings. The predicted octanol–water partition coefficient (Wildman–Crippen LogP) is 1.64. The monoisotopic (exact) mass is 242 g/mol. The van der Waals surface area contributed by atoms with E-state index in [4.69, 9.17) is 17.3 Å². The zero-order valence-corrected chi connectivity index (χ0v) is 8.46. The van der Waals surface area contributed by atoms with Crippen LogP contribution in [0.2, 0.25) is 4.34 Å². The fourth-order valence-corrected chi connectivity index (χ4v) is 1.72. The molecular formula is C6H5ClF2N2O2S. The molecule has 0 saturated carbocycles. The van der Waals surface area contributed by atoms with Crippen molar-refractivity contribution in [2.24, 2.45) is 0 Å². The molecule has 1 heterocycles.